The van der Waals surface area contributed by atoms with Crippen LogP contribution in [0.2, 0.25) is 0 Å². The van der Waals surface area contributed by atoms with Crippen LogP contribution in [0.1, 0.15) is 109 Å². The molecule has 2 aliphatic heterocycles. The van der Waals surface area contributed by atoms with Crippen molar-refractivity contribution in [3.8, 4) is 22.3 Å². The van der Waals surface area contributed by atoms with E-state index in [1.165, 1.54) is 155 Å². The number of fused-ring (bicyclic) bond motifs is 13. The van der Waals surface area contributed by atoms with Crippen LogP contribution in [0.3, 0.4) is 0 Å². The Hall–Kier alpha value is -6.14. The summed E-state index contributed by atoms with van der Waals surface area (Å²) in [6.45, 7) is 22.0. The van der Waals surface area contributed by atoms with Crippen LogP contribution < -0.4 is 20.6 Å². The lowest BCUT2D eigenvalue weighted by Gasteiger charge is -2.48. The number of anilines is 5. The summed E-state index contributed by atoms with van der Waals surface area (Å²) in [5, 5.41) is 5.34. The van der Waals surface area contributed by atoms with Gasteiger partial charge in [-0.1, -0.05) is 146 Å². The van der Waals surface area contributed by atoms with Gasteiger partial charge in [0, 0.05) is 79.9 Å². The molecule has 14 rings (SSSR count). The van der Waals surface area contributed by atoms with Crippen LogP contribution in [0.5, 0.6) is 0 Å². The Morgan fingerprint density at radius 3 is 1.76 bits per heavy atom. The van der Waals surface area contributed by atoms with Gasteiger partial charge in [0.05, 0.1) is 0 Å². The van der Waals surface area contributed by atoms with E-state index in [-0.39, 0.29) is 28.5 Å². The van der Waals surface area contributed by atoms with Crippen molar-refractivity contribution in [2.45, 2.75) is 110 Å². The Balaban J connectivity index is 1.16. The van der Waals surface area contributed by atoms with Crippen molar-refractivity contribution in [3.63, 3.8) is 0 Å². The number of aryl methyl sites for hydroxylation is 1. The number of rotatable bonds is 3. The lowest BCUT2D eigenvalue weighted by molar-refractivity contribution is 0.332. The molecule has 70 heavy (non-hydrogen) atoms. The fourth-order valence-corrected chi connectivity index (χ4v) is 15.8. The van der Waals surface area contributed by atoms with Gasteiger partial charge in [-0.3, -0.25) is 0 Å². The lowest BCUT2D eigenvalue weighted by atomic mass is 9.43. The summed E-state index contributed by atoms with van der Waals surface area (Å²) in [6, 6.07) is 57.2. The second kappa shape index (κ2) is 14.5. The molecular formula is C65H59BN2S2. The molecule has 344 valence electrons. The van der Waals surface area contributed by atoms with E-state index >= 15 is 0 Å². The fraction of sp³-hybridized carbons (Fsp3) is 0.262. The van der Waals surface area contributed by atoms with Crippen molar-refractivity contribution in [2.75, 3.05) is 9.71 Å². The molecule has 2 aromatic heterocycles. The first-order valence-electron chi connectivity index (χ1n) is 25.6. The van der Waals surface area contributed by atoms with Gasteiger partial charge < -0.3 is 9.71 Å². The normalized spacial score (nSPS) is 17.9. The second-order valence-corrected chi connectivity index (χ2v) is 26.0. The minimum absolute atomic E-state index is 0.0490. The molecule has 0 fully saturated rings. The Morgan fingerprint density at radius 2 is 1.04 bits per heavy atom. The van der Waals surface area contributed by atoms with Crippen LogP contribution in [-0.2, 0) is 21.7 Å². The summed E-state index contributed by atoms with van der Waals surface area (Å²) in [5.41, 5.74) is 21.9. The maximum absolute atomic E-state index is 2.79. The predicted octanol–water partition coefficient (Wildman–Crippen LogP) is 17.8. The Labute approximate surface area is 421 Å². The van der Waals surface area contributed by atoms with E-state index in [9.17, 15) is 0 Å². The highest BCUT2D eigenvalue weighted by molar-refractivity contribution is 7.27. The quantitative estimate of drug-likeness (QED) is 0.163. The molecule has 0 N–H and O–H groups in total. The molecule has 0 atom stereocenters. The molecule has 2 aliphatic carbocycles. The van der Waals surface area contributed by atoms with Crippen molar-refractivity contribution in [1.29, 1.82) is 0 Å². The lowest BCUT2D eigenvalue weighted by Crippen LogP contribution is -2.61. The largest absolute Gasteiger partial charge is 0.376 e. The molecule has 0 spiro atoms. The smallest absolute Gasteiger partial charge is 0.333 e. The van der Waals surface area contributed by atoms with Crippen LogP contribution in [0.25, 0.3) is 62.6 Å². The molecule has 5 heteroatoms. The van der Waals surface area contributed by atoms with Gasteiger partial charge in [0.15, 0.2) is 0 Å². The topological polar surface area (TPSA) is 6.48 Å². The average Bonchev–Trinajstić information content (AvgIpc) is 3.91. The van der Waals surface area contributed by atoms with Crippen LogP contribution in [0, 0.1) is 6.92 Å². The number of hydrogen-bond acceptors (Lipinski definition) is 4. The average molecular weight is 943 g/mol. The third-order valence-electron chi connectivity index (χ3n) is 17.7. The highest BCUT2D eigenvalue weighted by Crippen LogP contribution is 2.56. The van der Waals surface area contributed by atoms with Crippen molar-refractivity contribution in [3.05, 3.63) is 173 Å². The number of hydrogen-bond donors (Lipinski definition) is 0. The highest BCUT2D eigenvalue weighted by atomic mass is 32.1. The summed E-state index contributed by atoms with van der Waals surface area (Å²) < 4.78 is 5.40. The van der Waals surface area contributed by atoms with Gasteiger partial charge >= 0.3 is 6.85 Å². The SMILES string of the molecule is Cc1cc2c(cc1N1c3ccc(-c4ccccc4)cc3B3c4c1cc1c(sc5ccccc51)c4-c1cc4sc5ccccc5c4cc1N3c1ccc3c(c1)C(C)(C)CCC3(C)C)C(C)(C)CCC2(C)C. The molecule has 10 aromatic rings. The Morgan fingerprint density at radius 1 is 0.443 bits per heavy atom. The van der Waals surface area contributed by atoms with E-state index in [1.807, 2.05) is 22.7 Å². The Kier molecular flexibility index (Phi) is 8.84. The van der Waals surface area contributed by atoms with Gasteiger partial charge in [-0.15, -0.1) is 22.7 Å². The third-order valence-corrected chi connectivity index (χ3v) is 20.0. The van der Waals surface area contributed by atoms with Gasteiger partial charge in [-0.2, -0.15) is 0 Å². The van der Waals surface area contributed by atoms with E-state index in [2.05, 4.69) is 218 Å². The summed E-state index contributed by atoms with van der Waals surface area (Å²) >= 11 is 3.91. The maximum atomic E-state index is 2.79. The van der Waals surface area contributed by atoms with E-state index in [4.69, 9.17) is 0 Å². The van der Waals surface area contributed by atoms with E-state index in [1.54, 1.807) is 0 Å². The zero-order valence-corrected chi connectivity index (χ0v) is 43.6. The monoisotopic (exact) mass is 942 g/mol. The van der Waals surface area contributed by atoms with Crippen LogP contribution in [-0.4, -0.2) is 6.85 Å². The fourth-order valence-electron chi connectivity index (χ4n) is 13.5. The van der Waals surface area contributed by atoms with Gasteiger partial charge in [-0.25, -0.2) is 0 Å². The van der Waals surface area contributed by atoms with Crippen LogP contribution >= 0.6 is 22.7 Å². The summed E-state index contributed by atoms with van der Waals surface area (Å²) in [5.74, 6) is 0. The summed E-state index contributed by atoms with van der Waals surface area (Å²) in [6.07, 6.45) is 4.72. The van der Waals surface area contributed by atoms with Gasteiger partial charge in [0.2, 0.25) is 0 Å². The first-order valence-corrected chi connectivity index (χ1v) is 27.2. The van der Waals surface area contributed by atoms with Crippen molar-refractivity contribution >= 4 is 109 Å². The summed E-state index contributed by atoms with van der Waals surface area (Å²) in [4.78, 5) is 5.50. The first kappa shape index (κ1) is 42.7. The Bertz CT molecular complexity index is 3880. The number of thiophene rings is 2. The van der Waals surface area contributed by atoms with E-state index in [0.717, 1.165) is 0 Å². The first-order chi connectivity index (χ1) is 33.6. The van der Waals surface area contributed by atoms with E-state index < -0.39 is 0 Å². The van der Waals surface area contributed by atoms with Crippen LogP contribution in [0.15, 0.2) is 146 Å². The molecule has 4 heterocycles. The molecule has 8 aromatic carbocycles. The third kappa shape index (κ3) is 5.97. The number of benzene rings is 8. The minimum atomic E-state index is -0.115. The molecule has 0 unspecified atom stereocenters. The van der Waals surface area contributed by atoms with Crippen LogP contribution in [0.4, 0.5) is 28.4 Å². The number of nitrogens with zero attached hydrogens (tertiary/aromatic N) is 2. The van der Waals surface area contributed by atoms with Crippen molar-refractivity contribution in [1.82, 2.24) is 0 Å². The molecule has 0 saturated heterocycles. The molecule has 0 amide bonds. The molecular weight excluding hydrogens is 884 g/mol. The zero-order valence-electron chi connectivity index (χ0n) is 42.0. The summed E-state index contributed by atoms with van der Waals surface area (Å²) in [7, 11) is 0. The standard InChI is InChI=1S/C65H59BN2S2/c1-38-31-48-50(65(8,9)30-29-63(48,4)5)37-53(38)67-52-26-23-40(39-17-11-10-12-18-39)32-51(52)66-60-55(67)35-45-43-20-14-16-22-57(43)70-61(45)59(60)46-36-58-44(42-19-13-15-21-56(42)69-58)34-54(46)68(66)41-24-25-47-49(33-41)64(6,7)28-27-62(47,2)3/h10-26,31-37H,27-30H2,1-9H3. The second-order valence-electron chi connectivity index (χ2n) is 23.8. The van der Waals surface area contributed by atoms with Gasteiger partial charge in [0.1, 0.15) is 0 Å². The molecule has 0 saturated carbocycles. The molecule has 0 radical (unpaired) electrons. The highest BCUT2D eigenvalue weighted by Gasteiger charge is 2.48. The van der Waals surface area contributed by atoms with Gasteiger partial charge in [-0.05, 0) is 159 Å². The van der Waals surface area contributed by atoms with E-state index in [0.29, 0.717) is 0 Å². The molecule has 4 aliphatic rings. The van der Waals surface area contributed by atoms with Crippen molar-refractivity contribution < 1.29 is 0 Å². The minimum Gasteiger partial charge on any atom is -0.376 e. The predicted molar refractivity (Wildman–Crippen MR) is 307 cm³/mol. The van der Waals surface area contributed by atoms with Gasteiger partial charge in [0.25, 0.3) is 0 Å². The zero-order chi connectivity index (χ0) is 47.8. The van der Waals surface area contributed by atoms with Crippen molar-refractivity contribution in [2.24, 2.45) is 0 Å². The molecule has 0 bridgehead atoms. The maximum Gasteiger partial charge on any atom is 0.333 e. The molecule has 2 nitrogen and oxygen atoms in total.